The van der Waals surface area contributed by atoms with Crippen molar-refractivity contribution in [3.63, 3.8) is 0 Å². The van der Waals surface area contributed by atoms with Gasteiger partial charge in [-0.3, -0.25) is 9.80 Å². The lowest BCUT2D eigenvalue weighted by molar-refractivity contribution is 0.0509. The fourth-order valence-corrected chi connectivity index (χ4v) is 3.24. The second-order valence-corrected chi connectivity index (χ2v) is 6.78. The highest BCUT2D eigenvalue weighted by Gasteiger charge is 2.20. The van der Waals surface area contributed by atoms with Crippen molar-refractivity contribution in [3.8, 4) is 0 Å². The minimum atomic E-state index is -0.252. The van der Waals surface area contributed by atoms with Crippen molar-refractivity contribution >= 4 is 11.6 Å². The third-order valence-corrected chi connectivity index (χ3v) is 4.87. The summed E-state index contributed by atoms with van der Waals surface area (Å²) in [6.07, 6.45) is -0.252. The largest absolute Gasteiger partial charge is 0.390 e. The predicted octanol–water partition coefficient (Wildman–Crippen LogP) is 2.16. The van der Waals surface area contributed by atoms with Gasteiger partial charge in [-0.25, -0.2) is 0 Å². The number of likely N-dealkylation sites (N-methyl/N-ethyl adjacent to an activating group) is 1. The van der Waals surface area contributed by atoms with Crippen molar-refractivity contribution < 1.29 is 5.11 Å². The van der Waals surface area contributed by atoms with Crippen LogP contribution >= 0.6 is 11.6 Å². The number of halogens is 1. The molecule has 1 N–H and O–H groups in total. The summed E-state index contributed by atoms with van der Waals surface area (Å²) in [7, 11) is 0. The first-order valence-corrected chi connectivity index (χ1v) is 9.08. The summed E-state index contributed by atoms with van der Waals surface area (Å²) in [6.45, 7) is 13.0. The lowest BCUT2D eigenvalue weighted by Gasteiger charge is -2.36. The molecule has 1 atom stereocenters. The van der Waals surface area contributed by atoms with Gasteiger partial charge in [0.15, 0.2) is 0 Å². The zero-order valence-electron chi connectivity index (χ0n) is 14.4. The number of hydrogen-bond acceptors (Lipinski definition) is 4. The van der Waals surface area contributed by atoms with Crippen LogP contribution in [0.25, 0.3) is 0 Å². The Morgan fingerprint density at radius 2 is 1.61 bits per heavy atom. The van der Waals surface area contributed by atoms with E-state index in [-0.39, 0.29) is 6.10 Å². The van der Waals surface area contributed by atoms with Gasteiger partial charge in [0.25, 0.3) is 0 Å². The Hall–Kier alpha value is -0.650. The fourth-order valence-electron chi connectivity index (χ4n) is 3.11. The van der Waals surface area contributed by atoms with Gasteiger partial charge in [-0.15, -0.1) is 0 Å². The van der Waals surface area contributed by atoms with E-state index in [0.717, 1.165) is 63.9 Å². The molecule has 1 aliphatic rings. The summed E-state index contributed by atoms with van der Waals surface area (Å²) in [6, 6.07) is 8.11. The van der Waals surface area contributed by atoms with Gasteiger partial charge in [0.2, 0.25) is 0 Å². The molecule has 0 amide bonds. The molecule has 0 bridgehead atoms. The number of aliphatic hydroxyl groups excluding tert-OH is 1. The first kappa shape index (κ1) is 18.7. The van der Waals surface area contributed by atoms with Gasteiger partial charge in [-0.2, -0.15) is 0 Å². The molecule has 1 aromatic rings. The second-order valence-electron chi connectivity index (χ2n) is 6.34. The first-order chi connectivity index (χ1) is 11.1. The first-order valence-electron chi connectivity index (χ1n) is 8.70. The maximum atomic E-state index is 10.3. The number of β-amino-alcohol motifs (C(OH)–C–C–N with tert-alkyl or cyclic N) is 1. The Bertz CT molecular complexity index is 442. The van der Waals surface area contributed by atoms with Crippen LogP contribution in [0.1, 0.15) is 19.4 Å². The lowest BCUT2D eigenvalue weighted by Crippen LogP contribution is -2.49. The van der Waals surface area contributed by atoms with E-state index in [0.29, 0.717) is 0 Å². The van der Waals surface area contributed by atoms with Crippen molar-refractivity contribution in [2.45, 2.75) is 26.5 Å². The maximum Gasteiger partial charge on any atom is 0.0793 e. The molecular formula is C18H30ClN3O. The molecule has 0 spiro atoms. The second kappa shape index (κ2) is 9.60. The van der Waals surface area contributed by atoms with Crippen LogP contribution in [0.4, 0.5) is 0 Å². The molecule has 0 aromatic heterocycles. The third-order valence-electron chi connectivity index (χ3n) is 4.62. The zero-order valence-corrected chi connectivity index (χ0v) is 15.2. The van der Waals surface area contributed by atoms with E-state index >= 15 is 0 Å². The molecule has 1 fully saturated rings. The molecule has 1 aliphatic heterocycles. The number of rotatable bonds is 8. The van der Waals surface area contributed by atoms with Gasteiger partial charge in [-0.1, -0.05) is 37.6 Å². The van der Waals surface area contributed by atoms with Crippen LogP contribution in [0.5, 0.6) is 0 Å². The van der Waals surface area contributed by atoms with Gasteiger partial charge in [0.05, 0.1) is 6.10 Å². The molecular weight excluding hydrogens is 310 g/mol. The van der Waals surface area contributed by atoms with Gasteiger partial charge in [0, 0.05) is 50.8 Å². The van der Waals surface area contributed by atoms with Gasteiger partial charge in [-0.05, 0) is 30.8 Å². The molecule has 1 saturated heterocycles. The summed E-state index contributed by atoms with van der Waals surface area (Å²) < 4.78 is 0. The highest BCUT2D eigenvalue weighted by atomic mass is 35.5. The minimum absolute atomic E-state index is 0.252. The molecule has 130 valence electrons. The van der Waals surface area contributed by atoms with E-state index < -0.39 is 0 Å². The zero-order chi connectivity index (χ0) is 16.7. The molecule has 0 aliphatic carbocycles. The summed E-state index contributed by atoms with van der Waals surface area (Å²) >= 11 is 5.93. The quantitative estimate of drug-likeness (QED) is 0.786. The number of benzene rings is 1. The SMILES string of the molecule is CCN(CC)C[C@@H](O)CN1CCN(Cc2ccc(Cl)cc2)CC1. The fraction of sp³-hybridized carbons (Fsp3) is 0.667. The molecule has 0 saturated carbocycles. The average molecular weight is 340 g/mol. The molecule has 2 rings (SSSR count). The van der Waals surface area contributed by atoms with Crippen LogP contribution in [-0.2, 0) is 6.54 Å². The molecule has 0 radical (unpaired) electrons. The van der Waals surface area contributed by atoms with Crippen molar-refractivity contribution in [2.75, 3.05) is 52.4 Å². The summed E-state index contributed by atoms with van der Waals surface area (Å²) in [5, 5.41) is 11.0. The van der Waals surface area contributed by atoms with Crippen molar-refractivity contribution in [1.82, 2.24) is 14.7 Å². The highest BCUT2D eigenvalue weighted by molar-refractivity contribution is 6.30. The molecule has 0 unspecified atom stereocenters. The van der Waals surface area contributed by atoms with Gasteiger partial charge < -0.3 is 10.0 Å². The van der Waals surface area contributed by atoms with Gasteiger partial charge in [0.1, 0.15) is 0 Å². The van der Waals surface area contributed by atoms with E-state index in [2.05, 4.69) is 40.7 Å². The molecule has 23 heavy (non-hydrogen) atoms. The number of piperazine rings is 1. The molecule has 5 heteroatoms. The Morgan fingerprint density at radius 3 is 2.17 bits per heavy atom. The number of nitrogens with zero attached hydrogens (tertiary/aromatic N) is 3. The minimum Gasteiger partial charge on any atom is -0.390 e. The van der Waals surface area contributed by atoms with E-state index in [9.17, 15) is 5.11 Å². The molecule has 4 nitrogen and oxygen atoms in total. The third kappa shape index (κ3) is 6.40. The monoisotopic (exact) mass is 339 g/mol. The van der Waals surface area contributed by atoms with Crippen LogP contribution in [0.2, 0.25) is 5.02 Å². The van der Waals surface area contributed by atoms with Crippen molar-refractivity contribution in [2.24, 2.45) is 0 Å². The Labute approximate surface area is 145 Å². The topological polar surface area (TPSA) is 30.0 Å². The number of hydrogen-bond donors (Lipinski definition) is 1. The van der Waals surface area contributed by atoms with E-state index in [1.807, 2.05) is 12.1 Å². The Kier molecular flexibility index (Phi) is 7.80. The van der Waals surface area contributed by atoms with Crippen LogP contribution in [0.3, 0.4) is 0 Å². The summed E-state index contributed by atoms with van der Waals surface area (Å²) in [5.74, 6) is 0. The van der Waals surface area contributed by atoms with E-state index in [4.69, 9.17) is 11.6 Å². The number of aliphatic hydroxyl groups is 1. The average Bonchev–Trinajstić information content (AvgIpc) is 2.56. The Balaban J connectivity index is 1.70. The van der Waals surface area contributed by atoms with Crippen LogP contribution in [0, 0.1) is 0 Å². The molecule has 1 aromatic carbocycles. The lowest BCUT2D eigenvalue weighted by atomic mass is 10.2. The molecule has 1 heterocycles. The van der Waals surface area contributed by atoms with Crippen molar-refractivity contribution in [1.29, 1.82) is 0 Å². The standard InChI is InChI=1S/C18H30ClN3O/c1-3-20(4-2)14-18(23)15-22-11-9-21(10-12-22)13-16-5-7-17(19)8-6-16/h5-8,18,23H,3-4,9-15H2,1-2H3/t18-/m1/s1. The van der Waals surface area contributed by atoms with Crippen LogP contribution < -0.4 is 0 Å². The maximum absolute atomic E-state index is 10.3. The van der Waals surface area contributed by atoms with Crippen molar-refractivity contribution in [3.05, 3.63) is 34.9 Å². The summed E-state index contributed by atoms with van der Waals surface area (Å²) in [4.78, 5) is 7.13. The summed E-state index contributed by atoms with van der Waals surface area (Å²) in [5.41, 5.74) is 1.31. The highest BCUT2D eigenvalue weighted by Crippen LogP contribution is 2.13. The van der Waals surface area contributed by atoms with Crippen LogP contribution in [0.15, 0.2) is 24.3 Å². The van der Waals surface area contributed by atoms with Crippen LogP contribution in [-0.4, -0.2) is 78.3 Å². The Morgan fingerprint density at radius 1 is 1.04 bits per heavy atom. The van der Waals surface area contributed by atoms with E-state index in [1.54, 1.807) is 0 Å². The smallest absolute Gasteiger partial charge is 0.0793 e. The van der Waals surface area contributed by atoms with E-state index in [1.165, 1.54) is 5.56 Å². The predicted molar refractivity (Wildman–Crippen MR) is 97.0 cm³/mol. The van der Waals surface area contributed by atoms with Gasteiger partial charge >= 0.3 is 0 Å². The normalized spacial score (nSPS) is 18.5.